The Balaban J connectivity index is 1.83. The van der Waals surface area contributed by atoms with E-state index < -0.39 is 29.0 Å². The topological polar surface area (TPSA) is 85.8 Å². The van der Waals surface area contributed by atoms with Gasteiger partial charge in [0.1, 0.15) is 0 Å². The lowest BCUT2D eigenvalue weighted by Gasteiger charge is -2.33. The molecule has 2 amide bonds. The molecule has 154 valence electrons. The number of aliphatic imine (C=N–C) groups is 1. The van der Waals surface area contributed by atoms with E-state index in [2.05, 4.69) is 20.9 Å². The van der Waals surface area contributed by atoms with Crippen LogP contribution < -0.4 is 16.0 Å². The molecular formula is C18H24F3N5O2. The van der Waals surface area contributed by atoms with Crippen LogP contribution in [0.1, 0.15) is 19.3 Å². The van der Waals surface area contributed by atoms with E-state index in [1.807, 2.05) is 4.90 Å². The standard InChI is InChI=1S/C18H24F3N5O2/c1-22-14(27)9-11-5-7-26(8-6-11)18(23-2)24-10-15(28)25-13-4-3-12(19)16(20)17(13)21/h3-4,11H,5-10H2,1-2H3,(H,22,27)(H,23,24)(H,25,28). The summed E-state index contributed by atoms with van der Waals surface area (Å²) >= 11 is 0. The Morgan fingerprint density at radius 2 is 1.82 bits per heavy atom. The van der Waals surface area contributed by atoms with E-state index in [9.17, 15) is 22.8 Å². The van der Waals surface area contributed by atoms with Gasteiger partial charge in [0.2, 0.25) is 11.8 Å². The summed E-state index contributed by atoms with van der Waals surface area (Å²) in [6.45, 7) is 1.14. The Hall–Kier alpha value is -2.78. The summed E-state index contributed by atoms with van der Waals surface area (Å²) in [5, 5.41) is 7.68. The molecule has 0 saturated carbocycles. The predicted octanol–water partition coefficient (Wildman–Crippen LogP) is 1.47. The van der Waals surface area contributed by atoms with Crippen molar-refractivity contribution in [2.24, 2.45) is 10.9 Å². The maximum absolute atomic E-state index is 13.6. The van der Waals surface area contributed by atoms with Crippen molar-refractivity contribution in [2.75, 3.05) is 39.0 Å². The quantitative estimate of drug-likeness (QED) is 0.398. The number of rotatable bonds is 5. The molecule has 3 N–H and O–H groups in total. The number of hydrogen-bond acceptors (Lipinski definition) is 3. The van der Waals surface area contributed by atoms with Gasteiger partial charge >= 0.3 is 0 Å². The summed E-state index contributed by atoms with van der Waals surface area (Å²) in [7, 11) is 3.19. The van der Waals surface area contributed by atoms with Gasteiger partial charge in [0, 0.05) is 33.6 Å². The highest BCUT2D eigenvalue weighted by molar-refractivity contribution is 5.95. The molecule has 0 aliphatic carbocycles. The first kappa shape index (κ1) is 21.5. The molecule has 2 rings (SSSR count). The van der Waals surface area contributed by atoms with Crippen LogP contribution in [0.5, 0.6) is 0 Å². The molecule has 1 heterocycles. The van der Waals surface area contributed by atoms with Crippen molar-refractivity contribution in [3.63, 3.8) is 0 Å². The van der Waals surface area contributed by atoms with E-state index in [0.29, 0.717) is 31.4 Å². The van der Waals surface area contributed by atoms with Gasteiger partial charge in [0.25, 0.3) is 0 Å². The zero-order valence-corrected chi connectivity index (χ0v) is 15.8. The van der Waals surface area contributed by atoms with Crippen LogP contribution in [-0.2, 0) is 9.59 Å². The molecule has 1 saturated heterocycles. The number of amides is 2. The van der Waals surface area contributed by atoms with Gasteiger partial charge in [-0.15, -0.1) is 0 Å². The molecule has 7 nitrogen and oxygen atoms in total. The van der Waals surface area contributed by atoms with Gasteiger partial charge in [-0.1, -0.05) is 0 Å². The van der Waals surface area contributed by atoms with Crippen LogP contribution in [0.25, 0.3) is 0 Å². The van der Waals surface area contributed by atoms with Crippen molar-refractivity contribution in [3.8, 4) is 0 Å². The third-order valence-electron chi connectivity index (χ3n) is 4.60. The van der Waals surface area contributed by atoms with E-state index in [1.54, 1.807) is 14.1 Å². The minimum absolute atomic E-state index is 0.0158. The Morgan fingerprint density at radius 3 is 2.43 bits per heavy atom. The van der Waals surface area contributed by atoms with Crippen molar-refractivity contribution < 1.29 is 22.8 Å². The Labute approximate surface area is 161 Å². The second kappa shape index (κ2) is 9.95. The van der Waals surface area contributed by atoms with Crippen molar-refractivity contribution in [3.05, 3.63) is 29.6 Å². The number of piperidine rings is 1. The minimum atomic E-state index is -1.64. The highest BCUT2D eigenvalue weighted by Gasteiger charge is 2.23. The molecule has 0 aromatic heterocycles. The molecule has 10 heteroatoms. The fourth-order valence-corrected chi connectivity index (χ4v) is 3.02. The number of likely N-dealkylation sites (tertiary alicyclic amines) is 1. The first-order chi connectivity index (χ1) is 13.3. The average Bonchev–Trinajstić information content (AvgIpc) is 2.70. The lowest BCUT2D eigenvalue weighted by atomic mass is 9.93. The highest BCUT2D eigenvalue weighted by atomic mass is 19.2. The Kier molecular flexibility index (Phi) is 7.65. The summed E-state index contributed by atoms with van der Waals surface area (Å²) in [5.41, 5.74) is -0.435. The van der Waals surface area contributed by atoms with Crippen LogP contribution in [-0.4, -0.2) is 56.4 Å². The maximum atomic E-state index is 13.6. The molecule has 1 aromatic rings. The zero-order chi connectivity index (χ0) is 20.7. The van der Waals surface area contributed by atoms with Crippen LogP contribution in [0, 0.1) is 23.4 Å². The lowest BCUT2D eigenvalue weighted by molar-refractivity contribution is -0.121. The van der Waals surface area contributed by atoms with Crippen LogP contribution in [0.4, 0.5) is 18.9 Å². The third-order valence-corrected chi connectivity index (χ3v) is 4.60. The zero-order valence-electron chi connectivity index (χ0n) is 15.8. The van der Waals surface area contributed by atoms with Crippen LogP contribution in [0.2, 0.25) is 0 Å². The number of halogens is 3. The van der Waals surface area contributed by atoms with E-state index >= 15 is 0 Å². The lowest BCUT2D eigenvalue weighted by Crippen LogP contribution is -2.47. The molecule has 0 bridgehead atoms. The largest absolute Gasteiger partial charge is 0.359 e. The SMILES string of the molecule is CN=C(NCC(=O)Nc1ccc(F)c(F)c1F)N1CCC(CC(=O)NC)CC1. The summed E-state index contributed by atoms with van der Waals surface area (Å²) < 4.78 is 39.8. The van der Waals surface area contributed by atoms with Crippen LogP contribution >= 0.6 is 0 Å². The number of carbonyl (C=O) groups excluding carboxylic acids is 2. The van der Waals surface area contributed by atoms with Gasteiger partial charge in [-0.2, -0.15) is 0 Å². The molecular weight excluding hydrogens is 375 g/mol. The predicted molar refractivity (Wildman–Crippen MR) is 99.3 cm³/mol. The second-order valence-electron chi connectivity index (χ2n) is 6.48. The summed E-state index contributed by atoms with van der Waals surface area (Å²) in [5.74, 6) is -4.22. The van der Waals surface area contributed by atoms with Crippen LogP contribution in [0.3, 0.4) is 0 Å². The average molecular weight is 399 g/mol. The van der Waals surface area contributed by atoms with E-state index in [0.717, 1.165) is 25.0 Å². The van der Waals surface area contributed by atoms with E-state index in [1.165, 1.54) is 0 Å². The maximum Gasteiger partial charge on any atom is 0.243 e. The number of nitrogens with zero attached hydrogens (tertiary/aromatic N) is 2. The number of carbonyl (C=O) groups is 2. The molecule has 0 atom stereocenters. The molecule has 0 spiro atoms. The monoisotopic (exact) mass is 399 g/mol. The van der Waals surface area contributed by atoms with E-state index in [-0.39, 0.29) is 12.5 Å². The van der Waals surface area contributed by atoms with Gasteiger partial charge in [0.15, 0.2) is 23.4 Å². The molecule has 1 aliphatic rings. The molecule has 1 aromatic carbocycles. The first-order valence-corrected chi connectivity index (χ1v) is 8.95. The van der Waals surface area contributed by atoms with Crippen molar-refractivity contribution in [2.45, 2.75) is 19.3 Å². The van der Waals surface area contributed by atoms with Crippen molar-refractivity contribution >= 4 is 23.5 Å². The minimum Gasteiger partial charge on any atom is -0.359 e. The van der Waals surface area contributed by atoms with Gasteiger partial charge in [0.05, 0.1) is 12.2 Å². The number of benzene rings is 1. The first-order valence-electron chi connectivity index (χ1n) is 8.95. The summed E-state index contributed by atoms with van der Waals surface area (Å²) in [6.07, 6.45) is 2.12. The highest BCUT2D eigenvalue weighted by Crippen LogP contribution is 2.21. The van der Waals surface area contributed by atoms with E-state index in [4.69, 9.17) is 0 Å². The number of guanidine groups is 1. The summed E-state index contributed by atoms with van der Waals surface area (Å²) in [6, 6.07) is 1.70. The van der Waals surface area contributed by atoms with Gasteiger partial charge in [-0.3, -0.25) is 14.6 Å². The van der Waals surface area contributed by atoms with Gasteiger partial charge in [-0.05, 0) is 30.9 Å². The molecule has 28 heavy (non-hydrogen) atoms. The van der Waals surface area contributed by atoms with Crippen molar-refractivity contribution in [1.29, 1.82) is 0 Å². The Morgan fingerprint density at radius 1 is 1.14 bits per heavy atom. The number of nitrogens with one attached hydrogen (secondary N) is 3. The summed E-state index contributed by atoms with van der Waals surface area (Å²) in [4.78, 5) is 29.6. The smallest absolute Gasteiger partial charge is 0.243 e. The molecule has 1 aliphatic heterocycles. The molecule has 0 radical (unpaired) electrons. The van der Waals surface area contributed by atoms with Crippen LogP contribution in [0.15, 0.2) is 17.1 Å². The normalized spacial score (nSPS) is 15.3. The fraction of sp³-hybridized carbons (Fsp3) is 0.500. The van der Waals surface area contributed by atoms with Crippen molar-refractivity contribution in [1.82, 2.24) is 15.5 Å². The third kappa shape index (κ3) is 5.61. The van der Waals surface area contributed by atoms with Gasteiger partial charge < -0.3 is 20.9 Å². The fourth-order valence-electron chi connectivity index (χ4n) is 3.02. The molecule has 0 unspecified atom stereocenters. The Bertz CT molecular complexity index is 749. The molecule has 1 fully saturated rings. The number of anilines is 1. The van der Waals surface area contributed by atoms with Gasteiger partial charge in [-0.25, -0.2) is 13.2 Å². The number of hydrogen-bond donors (Lipinski definition) is 3. The second-order valence-corrected chi connectivity index (χ2v) is 6.48.